The van der Waals surface area contributed by atoms with Crippen molar-refractivity contribution in [3.8, 4) is 12.3 Å². The Labute approximate surface area is 88.6 Å². The van der Waals surface area contributed by atoms with E-state index in [1.54, 1.807) is 12.1 Å². The maximum atomic E-state index is 10.3. The monoisotopic (exact) mass is 206 g/mol. The van der Waals surface area contributed by atoms with E-state index in [0.29, 0.717) is 0 Å². The fraction of sp³-hybridized carbons (Fsp3) is 0.273. The Morgan fingerprint density at radius 3 is 2.73 bits per heavy atom. The van der Waals surface area contributed by atoms with Gasteiger partial charge in [0.25, 0.3) is 0 Å². The van der Waals surface area contributed by atoms with Gasteiger partial charge in [0, 0.05) is 6.42 Å². The van der Waals surface area contributed by atoms with Gasteiger partial charge in [0.2, 0.25) is 0 Å². The van der Waals surface area contributed by atoms with Gasteiger partial charge in [-0.2, -0.15) is 0 Å². The van der Waals surface area contributed by atoms with Crippen LogP contribution in [0.25, 0.3) is 0 Å². The fourth-order valence-corrected chi connectivity index (χ4v) is 1.32. The number of terminal acetylenes is 1. The first-order chi connectivity index (χ1) is 6.98. The topological polar surface area (TPSA) is 85.4 Å². The van der Waals surface area contributed by atoms with Crippen LogP contribution < -0.4 is 11.5 Å². The van der Waals surface area contributed by atoms with Gasteiger partial charge in [-0.05, 0) is 12.1 Å². The lowest BCUT2D eigenvalue weighted by Crippen LogP contribution is -2.64. The minimum absolute atomic E-state index is 0.109. The van der Waals surface area contributed by atoms with Crippen molar-refractivity contribution in [3.05, 3.63) is 36.8 Å². The van der Waals surface area contributed by atoms with Gasteiger partial charge in [-0.15, -0.1) is 13.0 Å². The van der Waals surface area contributed by atoms with E-state index >= 15 is 0 Å². The van der Waals surface area contributed by atoms with Crippen molar-refractivity contribution in [3.63, 3.8) is 0 Å². The van der Waals surface area contributed by atoms with E-state index in [2.05, 4.69) is 12.5 Å². The number of rotatable bonds is 4. The van der Waals surface area contributed by atoms with Crippen molar-refractivity contribution in [2.24, 2.45) is 11.5 Å². The van der Waals surface area contributed by atoms with E-state index in [1.165, 1.54) is 12.3 Å². The van der Waals surface area contributed by atoms with Crippen LogP contribution in [-0.4, -0.2) is 10.8 Å². The molecule has 1 atom stereocenters. The van der Waals surface area contributed by atoms with Gasteiger partial charge in [-0.3, -0.25) is 0 Å². The molecule has 0 bridgehead atoms. The van der Waals surface area contributed by atoms with E-state index < -0.39 is 11.3 Å². The molecular formula is C11H14N2O2. The van der Waals surface area contributed by atoms with Crippen LogP contribution in [0.3, 0.4) is 0 Å². The van der Waals surface area contributed by atoms with Crippen molar-refractivity contribution < 1.29 is 9.52 Å². The second kappa shape index (κ2) is 3.91. The van der Waals surface area contributed by atoms with Crippen LogP contribution in [0, 0.1) is 12.3 Å². The quantitative estimate of drug-likeness (QED) is 0.375. The molecule has 1 aromatic rings. The summed E-state index contributed by atoms with van der Waals surface area (Å²) in [6, 6.07) is 3.19. The summed E-state index contributed by atoms with van der Waals surface area (Å²) in [4.78, 5) is 0. The molecule has 0 amide bonds. The lowest BCUT2D eigenvalue weighted by Gasteiger charge is -2.35. The maximum Gasteiger partial charge on any atom is 0.168 e. The smallest absolute Gasteiger partial charge is 0.168 e. The second-order valence-corrected chi connectivity index (χ2v) is 3.34. The molecular weight excluding hydrogens is 192 g/mol. The molecule has 0 fully saturated rings. The Morgan fingerprint density at radius 2 is 2.33 bits per heavy atom. The molecule has 0 aliphatic rings. The summed E-state index contributed by atoms with van der Waals surface area (Å²) in [6.45, 7) is 3.52. The van der Waals surface area contributed by atoms with Crippen LogP contribution in [0.2, 0.25) is 0 Å². The highest BCUT2D eigenvalue weighted by Crippen LogP contribution is 2.32. The van der Waals surface area contributed by atoms with Crippen molar-refractivity contribution in [2.45, 2.75) is 17.7 Å². The largest absolute Gasteiger partial charge is 0.466 e. The Balaban J connectivity index is 3.22. The Kier molecular flexibility index (Phi) is 3.01. The van der Waals surface area contributed by atoms with Crippen molar-refractivity contribution in [1.82, 2.24) is 0 Å². The molecule has 1 aromatic heterocycles. The summed E-state index contributed by atoms with van der Waals surface area (Å²) < 4.78 is 5.09. The first-order valence-electron chi connectivity index (χ1n) is 4.40. The standard InChI is InChI=1S/C11H14N2O2/c1-3-7-10(14,11(12,13)4-2)9-6-5-8-15-9/h2-3,5-6,8,14H,1,7,12-13H2. The molecule has 1 rings (SSSR count). The van der Waals surface area contributed by atoms with Gasteiger partial charge in [0.05, 0.1) is 6.26 Å². The molecule has 0 saturated carbocycles. The third-order valence-electron chi connectivity index (χ3n) is 2.29. The molecule has 4 heteroatoms. The van der Waals surface area contributed by atoms with Crippen LogP contribution in [0.15, 0.2) is 35.5 Å². The number of hydrogen-bond donors (Lipinski definition) is 3. The molecule has 1 unspecified atom stereocenters. The highest BCUT2D eigenvalue weighted by molar-refractivity contribution is 5.26. The van der Waals surface area contributed by atoms with E-state index in [9.17, 15) is 5.11 Å². The molecule has 4 nitrogen and oxygen atoms in total. The van der Waals surface area contributed by atoms with E-state index in [1.807, 2.05) is 0 Å². The van der Waals surface area contributed by atoms with Gasteiger partial charge in [-0.1, -0.05) is 12.0 Å². The number of nitrogens with two attached hydrogens (primary N) is 2. The predicted molar refractivity (Wildman–Crippen MR) is 57.4 cm³/mol. The molecule has 0 spiro atoms. The first kappa shape index (κ1) is 11.5. The van der Waals surface area contributed by atoms with Crippen LogP contribution in [0.5, 0.6) is 0 Å². The number of aliphatic hydroxyl groups is 1. The molecule has 80 valence electrons. The van der Waals surface area contributed by atoms with Crippen LogP contribution in [0.1, 0.15) is 12.2 Å². The zero-order valence-corrected chi connectivity index (χ0v) is 8.31. The predicted octanol–water partition coefficient (Wildman–Crippen LogP) is 0.290. The second-order valence-electron chi connectivity index (χ2n) is 3.34. The zero-order chi connectivity index (χ0) is 11.5. The summed E-state index contributed by atoms with van der Waals surface area (Å²) in [5.41, 5.74) is 7.96. The van der Waals surface area contributed by atoms with Crippen molar-refractivity contribution in [2.75, 3.05) is 0 Å². The molecule has 0 saturated heterocycles. The molecule has 0 radical (unpaired) electrons. The average molecular weight is 206 g/mol. The summed E-state index contributed by atoms with van der Waals surface area (Å²) in [7, 11) is 0. The number of hydrogen-bond acceptors (Lipinski definition) is 4. The van der Waals surface area contributed by atoms with E-state index in [4.69, 9.17) is 22.3 Å². The molecule has 0 aliphatic heterocycles. The van der Waals surface area contributed by atoms with Crippen LogP contribution in [0.4, 0.5) is 0 Å². The molecule has 1 heterocycles. The first-order valence-corrected chi connectivity index (χ1v) is 4.40. The molecule has 15 heavy (non-hydrogen) atoms. The third-order valence-corrected chi connectivity index (χ3v) is 2.29. The van der Waals surface area contributed by atoms with Crippen molar-refractivity contribution in [1.29, 1.82) is 0 Å². The van der Waals surface area contributed by atoms with Crippen LogP contribution >= 0.6 is 0 Å². The summed E-state index contributed by atoms with van der Waals surface area (Å²) >= 11 is 0. The lowest BCUT2D eigenvalue weighted by molar-refractivity contribution is -0.0317. The Morgan fingerprint density at radius 1 is 1.67 bits per heavy atom. The van der Waals surface area contributed by atoms with Gasteiger partial charge < -0.3 is 21.0 Å². The van der Waals surface area contributed by atoms with Crippen molar-refractivity contribution >= 4 is 0 Å². The summed E-state index contributed by atoms with van der Waals surface area (Å²) in [5, 5.41) is 10.3. The minimum atomic E-state index is -1.71. The number of furan rings is 1. The van der Waals surface area contributed by atoms with Gasteiger partial charge in [0.1, 0.15) is 5.76 Å². The average Bonchev–Trinajstić information content (AvgIpc) is 2.71. The summed E-state index contributed by atoms with van der Waals surface area (Å²) in [6.07, 6.45) is 8.19. The van der Waals surface area contributed by atoms with Crippen LogP contribution in [-0.2, 0) is 5.60 Å². The van der Waals surface area contributed by atoms with E-state index in [0.717, 1.165) is 0 Å². The Bertz CT molecular complexity index is 376. The third kappa shape index (κ3) is 1.81. The minimum Gasteiger partial charge on any atom is -0.466 e. The summed E-state index contributed by atoms with van der Waals surface area (Å²) in [5.74, 6) is 2.38. The zero-order valence-electron chi connectivity index (χ0n) is 8.31. The lowest BCUT2D eigenvalue weighted by atomic mass is 9.83. The highest BCUT2D eigenvalue weighted by atomic mass is 16.4. The molecule has 0 aliphatic carbocycles. The maximum absolute atomic E-state index is 10.3. The van der Waals surface area contributed by atoms with E-state index in [-0.39, 0.29) is 12.2 Å². The normalized spacial score (nSPS) is 15.3. The van der Waals surface area contributed by atoms with Gasteiger partial charge >= 0.3 is 0 Å². The Hall–Kier alpha value is -1.54. The fourth-order valence-electron chi connectivity index (χ4n) is 1.32. The van der Waals surface area contributed by atoms with Gasteiger partial charge in [0.15, 0.2) is 11.3 Å². The SMILES string of the molecule is C#CC(N)(N)C(O)(CC=C)c1ccco1. The highest BCUT2D eigenvalue weighted by Gasteiger charge is 2.46. The molecule has 5 N–H and O–H groups in total. The van der Waals surface area contributed by atoms with Gasteiger partial charge in [-0.25, -0.2) is 0 Å². The molecule has 0 aromatic carbocycles.